The van der Waals surface area contributed by atoms with Gasteiger partial charge in [-0.05, 0) is 44.9 Å². The number of carbonyl (C=O) groups is 1. The summed E-state index contributed by atoms with van der Waals surface area (Å²) in [7, 11) is 0. The van der Waals surface area contributed by atoms with Crippen LogP contribution in [-0.4, -0.2) is 49.1 Å². The molecule has 0 amide bonds. The summed E-state index contributed by atoms with van der Waals surface area (Å²) in [6.07, 6.45) is 10.2. The van der Waals surface area contributed by atoms with Crippen molar-refractivity contribution in [3.05, 3.63) is 0 Å². The summed E-state index contributed by atoms with van der Waals surface area (Å²) in [5.74, 6) is 2.90. The highest BCUT2D eigenvalue weighted by atomic mass is 127. The van der Waals surface area contributed by atoms with Crippen molar-refractivity contribution in [2.45, 2.75) is 71.3 Å². The average Bonchev–Trinajstić information content (AvgIpc) is 3.42. The minimum atomic E-state index is -0.0244. The third-order valence-electron chi connectivity index (χ3n) is 6.13. The fraction of sp³-hybridized carbons (Fsp3) is 0.900. The lowest BCUT2D eigenvalue weighted by Gasteiger charge is -2.33. The van der Waals surface area contributed by atoms with Crippen molar-refractivity contribution in [1.29, 1.82) is 0 Å². The number of piperidine rings is 1. The van der Waals surface area contributed by atoms with Gasteiger partial charge in [0.25, 0.3) is 0 Å². The topological polar surface area (TPSA) is 53.9 Å². The third kappa shape index (κ3) is 5.73. The Hall–Kier alpha value is -0.530. The quantitative estimate of drug-likeness (QED) is 0.283. The van der Waals surface area contributed by atoms with Gasteiger partial charge in [-0.1, -0.05) is 32.1 Å². The summed E-state index contributed by atoms with van der Waals surface area (Å²) in [4.78, 5) is 19.0. The number of carbonyl (C=O) groups excluding carboxylic acids is 1. The molecule has 0 spiro atoms. The molecule has 2 saturated carbocycles. The smallest absolute Gasteiger partial charge is 0.309 e. The summed E-state index contributed by atoms with van der Waals surface area (Å²) in [5, 5.41) is 3.74. The zero-order valence-corrected chi connectivity index (χ0v) is 18.7. The average molecular weight is 477 g/mol. The van der Waals surface area contributed by atoms with E-state index in [-0.39, 0.29) is 35.9 Å². The maximum atomic E-state index is 11.9. The highest BCUT2D eigenvalue weighted by molar-refractivity contribution is 14.0. The Kier molecular flexibility index (Phi) is 8.97. The molecule has 1 heterocycles. The molecule has 0 aromatic rings. The number of guanidine groups is 1. The first-order chi connectivity index (χ1) is 12.2. The molecule has 150 valence electrons. The molecule has 0 radical (unpaired) electrons. The van der Waals surface area contributed by atoms with E-state index in [9.17, 15) is 4.79 Å². The van der Waals surface area contributed by atoms with Gasteiger partial charge in [-0.25, -0.2) is 0 Å². The number of aliphatic imine (C=N–C) groups is 1. The predicted molar refractivity (Wildman–Crippen MR) is 116 cm³/mol. The number of rotatable bonds is 5. The van der Waals surface area contributed by atoms with Crippen molar-refractivity contribution in [2.75, 3.05) is 26.2 Å². The molecule has 5 nitrogen and oxygen atoms in total. The van der Waals surface area contributed by atoms with E-state index >= 15 is 0 Å². The Morgan fingerprint density at radius 1 is 1.12 bits per heavy atom. The second-order valence-corrected chi connectivity index (χ2v) is 7.86. The van der Waals surface area contributed by atoms with E-state index in [4.69, 9.17) is 9.73 Å². The molecular formula is C20H36IN3O2. The second kappa shape index (κ2) is 10.7. The number of esters is 1. The van der Waals surface area contributed by atoms with E-state index < -0.39 is 0 Å². The highest BCUT2D eigenvalue weighted by Gasteiger charge is 2.44. The monoisotopic (exact) mass is 477 g/mol. The SMILES string of the molecule is CCN=C(NC1CC1C1CCCCC1)N1CCC(C(=O)OCC)CC1.I. The van der Waals surface area contributed by atoms with Gasteiger partial charge in [0.2, 0.25) is 0 Å². The summed E-state index contributed by atoms with van der Waals surface area (Å²) in [5.41, 5.74) is 0. The Labute approximate surface area is 175 Å². The second-order valence-electron chi connectivity index (χ2n) is 7.86. The van der Waals surface area contributed by atoms with Crippen LogP contribution in [-0.2, 0) is 9.53 Å². The van der Waals surface area contributed by atoms with Crippen LogP contribution < -0.4 is 5.32 Å². The molecule has 0 aromatic heterocycles. The van der Waals surface area contributed by atoms with E-state index in [1.807, 2.05) is 6.92 Å². The van der Waals surface area contributed by atoms with Crippen LogP contribution in [0.4, 0.5) is 0 Å². The molecular weight excluding hydrogens is 441 g/mol. The van der Waals surface area contributed by atoms with Gasteiger partial charge in [0, 0.05) is 25.7 Å². The molecule has 6 heteroatoms. The lowest BCUT2D eigenvalue weighted by molar-refractivity contribution is -0.149. The van der Waals surface area contributed by atoms with Gasteiger partial charge in [-0.3, -0.25) is 9.79 Å². The largest absolute Gasteiger partial charge is 0.466 e. The van der Waals surface area contributed by atoms with Crippen molar-refractivity contribution < 1.29 is 9.53 Å². The molecule has 3 fully saturated rings. The van der Waals surface area contributed by atoms with E-state index in [0.717, 1.165) is 50.3 Å². The van der Waals surface area contributed by atoms with Crippen LogP contribution in [0.25, 0.3) is 0 Å². The predicted octanol–water partition coefficient (Wildman–Crippen LogP) is 3.81. The summed E-state index contributed by atoms with van der Waals surface area (Å²) in [6.45, 7) is 7.06. The maximum Gasteiger partial charge on any atom is 0.309 e. The Balaban J connectivity index is 0.00000243. The van der Waals surface area contributed by atoms with E-state index in [1.54, 1.807) is 0 Å². The van der Waals surface area contributed by atoms with E-state index in [1.165, 1.54) is 38.5 Å². The number of halogens is 1. The molecule has 3 rings (SSSR count). The number of nitrogens with one attached hydrogen (secondary N) is 1. The molecule has 2 unspecified atom stereocenters. The minimum absolute atomic E-state index is 0. The fourth-order valence-electron chi connectivity index (χ4n) is 4.60. The first-order valence-corrected chi connectivity index (χ1v) is 10.5. The normalized spacial score (nSPS) is 27.6. The van der Waals surface area contributed by atoms with Crippen LogP contribution in [0.2, 0.25) is 0 Å². The van der Waals surface area contributed by atoms with Crippen molar-refractivity contribution >= 4 is 35.9 Å². The number of nitrogens with zero attached hydrogens (tertiary/aromatic N) is 2. The number of hydrogen-bond acceptors (Lipinski definition) is 3. The van der Waals surface area contributed by atoms with Crippen LogP contribution in [0.1, 0.15) is 65.2 Å². The standard InChI is InChI=1S/C20H35N3O2.HI/c1-3-21-20(22-18-14-17(18)15-8-6-5-7-9-15)23-12-10-16(11-13-23)19(24)25-4-2;/h15-18H,3-14H2,1-2H3,(H,21,22);1H. The van der Waals surface area contributed by atoms with Gasteiger partial charge in [-0.15, -0.1) is 24.0 Å². The van der Waals surface area contributed by atoms with Crippen molar-refractivity contribution in [3.63, 3.8) is 0 Å². The van der Waals surface area contributed by atoms with Gasteiger partial charge < -0.3 is 15.0 Å². The molecule has 1 aliphatic heterocycles. The maximum absolute atomic E-state index is 11.9. The van der Waals surface area contributed by atoms with Gasteiger partial charge >= 0.3 is 5.97 Å². The lowest BCUT2D eigenvalue weighted by atomic mass is 9.85. The third-order valence-corrected chi connectivity index (χ3v) is 6.13. The molecule has 2 aliphatic carbocycles. The summed E-state index contributed by atoms with van der Waals surface area (Å²) < 4.78 is 5.18. The number of likely N-dealkylation sites (tertiary alicyclic amines) is 1. The molecule has 1 N–H and O–H groups in total. The Morgan fingerprint density at radius 3 is 2.42 bits per heavy atom. The number of ether oxygens (including phenoxy) is 1. The highest BCUT2D eigenvalue weighted by Crippen LogP contribution is 2.44. The molecule has 26 heavy (non-hydrogen) atoms. The fourth-order valence-corrected chi connectivity index (χ4v) is 4.60. The lowest BCUT2D eigenvalue weighted by Crippen LogP contribution is -2.48. The van der Waals surface area contributed by atoms with Gasteiger partial charge in [0.15, 0.2) is 5.96 Å². The van der Waals surface area contributed by atoms with E-state index in [2.05, 4.69) is 17.1 Å². The van der Waals surface area contributed by atoms with E-state index in [0.29, 0.717) is 12.6 Å². The van der Waals surface area contributed by atoms with Gasteiger partial charge in [0.1, 0.15) is 0 Å². The summed E-state index contributed by atoms with van der Waals surface area (Å²) in [6, 6.07) is 0.621. The van der Waals surface area contributed by atoms with Crippen molar-refractivity contribution in [1.82, 2.24) is 10.2 Å². The van der Waals surface area contributed by atoms with Crippen LogP contribution in [0, 0.1) is 17.8 Å². The Bertz CT molecular complexity index is 472. The molecule has 0 aromatic carbocycles. The zero-order valence-electron chi connectivity index (χ0n) is 16.4. The van der Waals surface area contributed by atoms with Crippen LogP contribution in [0.5, 0.6) is 0 Å². The van der Waals surface area contributed by atoms with Crippen molar-refractivity contribution in [2.24, 2.45) is 22.7 Å². The Morgan fingerprint density at radius 2 is 1.81 bits per heavy atom. The number of hydrogen-bond donors (Lipinski definition) is 1. The zero-order chi connectivity index (χ0) is 17.6. The van der Waals surface area contributed by atoms with Gasteiger partial charge in [0.05, 0.1) is 12.5 Å². The first kappa shape index (κ1) is 21.8. The van der Waals surface area contributed by atoms with Crippen LogP contribution >= 0.6 is 24.0 Å². The summed E-state index contributed by atoms with van der Waals surface area (Å²) >= 11 is 0. The van der Waals surface area contributed by atoms with Crippen molar-refractivity contribution in [3.8, 4) is 0 Å². The minimum Gasteiger partial charge on any atom is -0.466 e. The van der Waals surface area contributed by atoms with Crippen LogP contribution in [0.3, 0.4) is 0 Å². The van der Waals surface area contributed by atoms with Gasteiger partial charge in [-0.2, -0.15) is 0 Å². The van der Waals surface area contributed by atoms with Crippen LogP contribution in [0.15, 0.2) is 4.99 Å². The molecule has 0 bridgehead atoms. The molecule has 3 aliphatic rings. The molecule has 1 saturated heterocycles. The molecule has 2 atom stereocenters. The first-order valence-electron chi connectivity index (χ1n) is 10.5.